The van der Waals surface area contributed by atoms with E-state index in [1.165, 1.54) is 11.3 Å². The minimum atomic E-state index is 0.170. The number of hydrogen-bond donors (Lipinski definition) is 0. The number of hydrogen-bond acceptors (Lipinski definition) is 3. The molecule has 1 unspecified atom stereocenters. The molecule has 0 aliphatic carbocycles. The third kappa shape index (κ3) is 3.86. The highest BCUT2D eigenvalue weighted by Crippen LogP contribution is 2.24. The molecular weight excluding hydrogens is 212 g/mol. The fourth-order valence-corrected chi connectivity index (χ4v) is 1.87. The standard InChI is InChI=1S/C14H22N2O/c1-11(17)10-14(16(4)5)12-6-8-13(9-7-12)15(2)3/h6-9,14H,10H2,1-5H3. The van der Waals surface area contributed by atoms with Crippen LogP contribution in [0.3, 0.4) is 0 Å². The van der Waals surface area contributed by atoms with Crippen LogP contribution in [0.15, 0.2) is 24.3 Å². The van der Waals surface area contributed by atoms with Crippen LogP contribution in [0.2, 0.25) is 0 Å². The van der Waals surface area contributed by atoms with Crippen molar-refractivity contribution in [1.29, 1.82) is 0 Å². The third-order valence-corrected chi connectivity index (χ3v) is 2.90. The van der Waals surface area contributed by atoms with Gasteiger partial charge in [0.25, 0.3) is 0 Å². The molecule has 1 aromatic rings. The van der Waals surface area contributed by atoms with Gasteiger partial charge in [0.1, 0.15) is 5.78 Å². The monoisotopic (exact) mass is 234 g/mol. The fraction of sp³-hybridized carbons (Fsp3) is 0.500. The molecule has 1 rings (SSSR count). The molecule has 0 aliphatic rings. The van der Waals surface area contributed by atoms with Crippen molar-refractivity contribution in [3.05, 3.63) is 29.8 Å². The first kappa shape index (κ1) is 13.7. The quantitative estimate of drug-likeness (QED) is 0.781. The molecule has 0 aromatic heterocycles. The molecule has 3 nitrogen and oxygen atoms in total. The molecule has 0 amide bonds. The lowest BCUT2D eigenvalue weighted by Gasteiger charge is -2.24. The van der Waals surface area contributed by atoms with Gasteiger partial charge in [0, 0.05) is 32.2 Å². The maximum absolute atomic E-state index is 11.3. The Hall–Kier alpha value is -1.35. The van der Waals surface area contributed by atoms with Crippen molar-refractivity contribution >= 4 is 11.5 Å². The number of ketones is 1. The van der Waals surface area contributed by atoms with E-state index in [2.05, 4.69) is 34.1 Å². The lowest BCUT2D eigenvalue weighted by Crippen LogP contribution is -2.22. The molecule has 0 aliphatic heterocycles. The molecule has 0 bridgehead atoms. The second-order valence-electron chi connectivity index (χ2n) is 4.87. The Bertz CT molecular complexity index is 368. The minimum Gasteiger partial charge on any atom is -0.378 e. The van der Waals surface area contributed by atoms with Crippen molar-refractivity contribution in [2.75, 3.05) is 33.1 Å². The van der Waals surface area contributed by atoms with Crippen molar-refractivity contribution in [3.63, 3.8) is 0 Å². The van der Waals surface area contributed by atoms with Crippen LogP contribution in [0.5, 0.6) is 0 Å². The van der Waals surface area contributed by atoms with Crippen LogP contribution in [0.1, 0.15) is 24.9 Å². The van der Waals surface area contributed by atoms with Gasteiger partial charge in [-0.15, -0.1) is 0 Å². The maximum atomic E-state index is 11.3. The summed E-state index contributed by atoms with van der Waals surface area (Å²) in [5.41, 5.74) is 2.37. The predicted molar refractivity (Wildman–Crippen MR) is 72.5 cm³/mol. The summed E-state index contributed by atoms with van der Waals surface area (Å²) in [5.74, 6) is 0.223. The number of carbonyl (C=O) groups excluding carboxylic acids is 1. The Morgan fingerprint density at radius 1 is 1.12 bits per heavy atom. The van der Waals surface area contributed by atoms with Gasteiger partial charge >= 0.3 is 0 Å². The van der Waals surface area contributed by atoms with Crippen LogP contribution in [0, 0.1) is 0 Å². The Kier molecular flexibility index (Phi) is 4.70. The zero-order valence-electron chi connectivity index (χ0n) is 11.4. The second-order valence-corrected chi connectivity index (χ2v) is 4.87. The Morgan fingerprint density at radius 2 is 1.65 bits per heavy atom. The largest absolute Gasteiger partial charge is 0.378 e. The molecule has 1 atom stereocenters. The molecule has 3 heteroatoms. The highest BCUT2D eigenvalue weighted by molar-refractivity contribution is 5.76. The average Bonchev–Trinajstić information content (AvgIpc) is 2.25. The molecule has 0 saturated carbocycles. The van der Waals surface area contributed by atoms with Gasteiger partial charge in [-0.05, 0) is 38.7 Å². The van der Waals surface area contributed by atoms with E-state index in [1.807, 2.05) is 28.2 Å². The Morgan fingerprint density at radius 3 is 2.00 bits per heavy atom. The number of anilines is 1. The van der Waals surface area contributed by atoms with Crippen LogP contribution < -0.4 is 4.90 Å². The Balaban J connectivity index is 2.91. The number of carbonyl (C=O) groups is 1. The van der Waals surface area contributed by atoms with Gasteiger partial charge in [0.05, 0.1) is 0 Å². The fourth-order valence-electron chi connectivity index (χ4n) is 1.87. The van der Waals surface area contributed by atoms with E-state index in [4.69, 9.17) is 0 Å². The molecule has 0 heterocycles. The van der Waals surface area contributed by atoms with Gasteiger partial charge < -0.3 is 9.80 Å². The highest BCUT2D eigenvalue weighted by atomic mass is 16.1. The number of Topliss-reactive ketones (excluding diaryl/α,β-unsaturated/α-hetero) is 1. The Labute approximate surface area is 104 Å². The topological polar surface area (TPSA) is 23.6 Å². The number of benzene rings is 1. The van der Waals surface area contributed by atoms with Crippen LogP contribution in [0.4, 0.5) is 5.69 Å². The van der Waals surface area contributed by atoms with Gasteiger partial charge in [-0.1, -0.05) is 12.1 Å². The van der Waals surface area contributed by atoms with E-state index in [-0.39, 0.29) is 11.8 Å². The zero-order chi connectivity index (χ0) is 13.0. The van der Waals surface area contributed by atoms with Crippen molar-refractivity contribution in [2.45, 2.75) is 19.4 Å². The molecule has 0 spiro atoms. The highest BCUT2D eigenvalue weighted by Gasteiger charge is 2.15. The zero-order valence-corrected chi connectivity index (χ0v) is 11.4. The van der Waals surface area contributed by atoms with Crippen LogP contribution in [-0.4, -0.2) is 38.9 Å². The summed E-state index contributed by atoms with van der Waals surface area (Å²) in [6.07, 6.45) is 0.564. The number of nitrogens with zero attached hydrogens (tertiary/aromatic N) is 2. The molecule has 0 saturated heterocycles. The van der Waals surface area contributed by atoms with E-state index in [0.29, 0.717) is 6.42 Å². The normalized spacial score (nSPS) is 12.6. The average molecular weight is 234 g/mol. The van der Waals surface area contributed by atoms with Gasteiger partial charge in [-0.2, -0.15) is 0 Å². The van der Waals surface area contributed by atoms with Gasteiger partial charge in [0.15, 0.2) is 0 Å². The van der Waals surface area contributed by atoms with Crippen LogP contribution in [0.25, 0.3) is 0 Å². The minimum absolute atomic E-state index is 0.170. The number of rotatable bonds is 5. The van der Waals surface area contributed by atoms with Crippen LogP contribution in [-0.2, 0) is 4.79 Å². The second kappa shape index (κ2) is 5.82. The summed E-state index contributed by atoms with van der Waals surface area (Å²) in [5, 5.41) is 0. The first-order valence-corrected chi connectivity index (χ1v) is 5.85. The van der Waals surface area contributed by atoms with Crippen molar-refractivity contribution in [2.24, 2.45) is 0 Å². The SMILES string of the molecule is CC(=O)CC(c1ccc(N(C)C)cc1)N(C)C. The lowest BCUT2D eigenvalue weighted by molar-refractivity contribution is -0.118. The molecular formula is C14H22N2O. The van der Waals surface area contributed by atoms with Gasteiger partial charge in [-0.25, -0.2) is 0 Å². The predicted octanol–water partition coefficient (Wildman–Crippen LogP) is 2.33. The van der Waals surface area contributed by atoms with Gasteiger partial charge in [0.2, 0.25) is 0 Å². The van der Waals surface area contributed by atoms with E-state index >= 15 is 0 Å². The summed E-state index contributed by atoms with van der Waals surface area (Å²) < 4.78 is 0. The van der Waals surface area contributed by atoms with Crippen molar-refractivity contribution in [1.82, 2.24) is 4.90 Å². The first-order chi connectivity index (χ1) is 7.91. The van der Waals surface area contributed by atoms with Crippen LogP contribution >= 0.6 is 0 Å². The molecule has 0 radical (unpaired) electrons. The molecule has 94 valence electrons. The molecule has 0 N–H and O–H groups in total. The van der Waals surface area contributed by atoms with Gasteiger partial charge in [-0.3, -0.25) is 4.79 Å². The molecule has 0 fully saturated rings. The van der Waals surface area contributed by atoms with Crippen molar-refractivity contribution in [3.8, 4) is 0 Å². The van der Waals surface area contributed by atoms with E-state index in [0.717, 1.165) is 0 Å². The lowest BCUT2D eigenvalue weighted by atomic mass is 10.0. The first-order valence-electron chi connectivity index (χ1n) is 5.85. The van der Waals surface area contributed by atoms with E-state index < -0.39 is 0 Å². The smallest absolute Gasteiger partial charge is 0.131 e. The summed E-state index contributed by atoms with van der Waals surface area (Å²) in [6, 6.07) is 8.55. The summed E-state index contributed by atoms with van der Waals surface area (Å²) in [7, 11) is 8.06. The van der Waals surface area contributed by atoms with E-state index in [1.54, 1.807) is 6.92 Å². The maximum Gasteiger partial charge on any atom is 0.131 e. The summed E-state index contributed by atoms with van der Waals surface area (Å²) in [6.45, 7) is 1.64. The third-order valence-electron chi connectivity index (χ3n) is 2.90. The molecule has 1 aromatic carbocycles. The van der Waals surface area contributed by atoms with E-state index in [9.17, 15) is 4.79 Å². The van der Waals surface area contributed by atoms with Crippen molar-refractivity contribution < 1.29 is 4.79 Å². The summed E-state index contributed by atoms with van der Waals surface area (Å²) >= 11 is 0. The summed E-state index contributed by atoms with van der Waals surface area (Å²) in [4.78, 5) is 15.4. The molecule has 17 heavy (non-hydrogen) atoms.